The van der Waals surface area contributed by atoms with Crippen LogP contribution < -0.4 is 15.4 Å². The molecule has 3 N–H and O–H groups in total. The van der Waals surface area contributed by atoms with Crippen molar-refractivity contribution in [2.75, 3.05) is 36.0 Å². The van der Waals surface area contributed by atoms with Gasteiger partial charge in [0.05, 0.1) is 18.6 Å². The lowest BCUT2D eigenvalue weighted by Gasteiger charge is -2.22. The second kappa shape index (κ2) is 7.73. The van der Waals surface area contributed by atoms with E-state index in [1.165, 1.54) is 12.1 Å². The first-order chi connectivity index (χ1) is 9.85. The third-order valence-electron chi connectivity index (χ3n) is 2.75. The van der Waals surface area contributed by atoms with Gasteiger partial charge in [0.15, 0.2) is 0 Å². The molecular weight excluding hydrogens is 337 g/mol. The molecule has 1 amide bonds. The number of hydrogen-bond acceptors (Lipinski definition) is 5. The molecule has 1 atom stereocenters. The van der Waals surface area contributed by atoms with Gasteiger partial charge < -0.3 is 15.4 Å². The second-order valence-electron chi connectivity index (χ2n) is 4.62. The van der Waals surface area contributed by atoms with E-state index in [0.717, 1.165) is 12.3 Å². The van der Waals surface area contributed by atoms with Crippen molar-refractivity contribution in [2.24, 2.45) is 0 Å². The third kappa shape index (κ3) is 5.41. The summed E-state index contributed by atoms with van der Waals surface area (Å²) in [6.45, 7) is 1.51. The van der Waals surface area contributed by atoms with Crippen molar-refractivity contribution in [1.82, 2.24) is 5.32 Å². The highest BCUT2D eigenvalue weighted by Crippen LogP contribution is 2.20. The first-order valence-electron chi connectivity index (χ1n) is 6.26. The Bertz CT molecular complexity index is 635. The molecule has 1 heterocycles. The predicted molar refractivity (Wildman–Crippen MR) is 83.4 cm³/mol. The van der Waals surface area contributed by atoms with Crippen molar-refractivity contribution in [1.29, 1.82) is 0 Å². The van der Waals surface area contributed by atoms with Crippen LogP contribution in [0.5, 0.6) is 0 Å². The molecule has 1 aliphatic heterocycles. The molecule has 2 rings (SSSR count). The summed E-state index contributed by atoms with van der Waals surface area (Å²) in [6.07, 6.45) is 0.286. The first kappa shape index (κ1) is 18.6. The Hall–Kier alpha value is -1.42. The number of carbonyl (C=O) groups excluding carboxylic acids is 1. The number of anilines is 2. The third-order valence-corrected chi connectivity index (χ3v) is 3.34. The smallest absolute Gasteiger partial charge is 0.254 e. The Morgan fingerprint density at radius 3 is 2.77 bits per heavy atom. The summed E-state index contributed by atoms with van der Waals surface area (Å²) in [7, 11) is -3.60. The standard InChI is InChI=1S/C12H16FN3O4S.ClH/c1-21(18,19)16-10-6-8(2-3-9(10)13)15-12(17)11-7-14-4-5-20-11;/h2-3,6,11,14,16H,4-5,7H2,1H3,(H,15,17);1H. The van der Waals surface area contributed by atoms with Crippen molar-refractivity contribution in [2.45, 2.75) is 6.10 Å². The Morgan fingerprint density at radius 1 is 1.45 bits per heavy atom. The Morgan fingerprint density at radius 2 is 2.18 bits per heavy atom. The van der Waals surface area contributed by atoms with Gasteiger partial charge in [0.25, 0.3) is 5.91 Å². The summed E-state index contributed by atoms with van der Waals surface area (Å²) in [4.78, 5) is 11.9. The number of carbonyl (C=O) groups is 1. The molecule has 0 aliphatic carbocycles. The van der Waals surface area contributed by atoms with E-state index in [9.17, 15) is 17.6 Å². The zero-order valence-corrected chi connectivity index (χ0v) is 13.4. The van der Waals surface area contributed by atoms with E-state index in [4.69, 9.17) is 4.74 Å². The average Bonchev–Trinajstić information content (AvgIpc) is 2.42. The molecule has 1 fully saturated rings. The molecule has 1 unspecified atom stereocenters. The van der Waals surface area contributed by atoms with Crippen molar-refractivity contribution in [3.8, 4) is 0 Å². The van der Waals surface area contributed by atoms with E-state index < -0.39 is 21.9 Å². The average molecular weight is 354 g/mol. The molecule has 0 spiro atoms. The van der Waals surface area contributed by atoms with Crippen LogP contribution in [0.1, 0.15) is 0 Å². The minimum atomic E-state index is -3.60. The molecule has 22 heavy (non-hydrogen) atoms. The van der Waals surface area contributed by atoms with Crippen molar-refractivity contribution >= 4 is 39.7 Å². The van der Waals surface area contributed by atoms with Crippen LogP contribution in [0, 0.1) is 5.82 Å². The minimum Gasteiger partial charge on any atom is -0.366 e. The Balaban J connectivity index is 0.00000242. The zero-order valence-electron chi connectivity index (χ0n) is 11.8. The quantitative estimate of drug-likeness (QED) is 0.734. The number of hydrogen-bond donors (Lipinski definition) is 3. The number of morpholine rings is 1. The molecule has 0 aromatic heterocycles. The fourth-order valence-electron chi connectivity index (χ4n) is 1.84. The molecule has 1 aromatic rings. The molecule has 124 valence electrons. The monoisotopic (exact) mass is 353 g/mol. The maximum Gasteiger partial charge on any atom is 0.254 e. The molecule has 0 saturated carbocycles. The van der Waals surface area contributed by atoms with Gasteiger partial charge >= 0.3 is 0 Å². The van der Waals surface area contributed by atoms with Crippen LogP contribution in [0.2, 0.25) is 0 Å². The lowest BCUT2D eigenvalue weighted by atomic mass is 10.2. The summed E-state index contributed by atoms with van der Waals surface area (Å²) in [5.74, 6) is -1.10. The van der Waals surface area contributed by atoms with Gasteiger partial charge in [0.1, 0.15) is 11.9 Å². The summed E-state index contributed by atoms with van der Waals surface area (Å²) in [5.41, 5.74) is 0.0553. The molecular formula is C12H17ClFN3O4S. The van der Waals surface area contributed by atoms with E-state index >= 15 is 0 Å². The van der Waals surface area contributed by atoms with Crippen LogP contribution in [0.4, 0.5) is 15.8 Å². The van der Waals surface area contributed by atoms with Gasteiger partial charge in [-0.25, -0.2) is 12.8 Å². The van der Waals surface area contributed by atoms with E-state index in [-0.39, 0.29) is 29.7 Å². The first-order valence-corrected chi connectivity index (χ1v) is 8.15. The summed E-state index contributed by atoms with van der Waals surface area (Å²) < 4.78 is 43.1. The van der Waals surface area contributed by atoms with Gasteiger partial charge in [0.2, 0.25) is 10.0 Å². The fourth-order valence-corrected chi connectivity index (χ4v) is 2.39. The fraction of sp³-hybridized carbons (Fsp3) is 0.417. The van der Waals surface area contributed by atoms with Gasteiger partial charge in [0, 0.05) is 18.8 Å². The van der Waals surface area contributed by atoms with Gasteiger partial charge in [-0.05, 0) is 18.2 Å². The molecule has 0 bridgehead atoms. The van der Waals surface area contributed by atoms with Gasteiger partial charge in [-0.3, -0.25) is 9.52 Å². The van der Waals surface area contributed by atoms with E-state index in [1.54, 1.807) is 0 Å². The van der Waals surface area contributed by atoms with Gasteiger partial charge in [-0.2, -0.15) is 0 Å². The number of nitrogens with one attached hydrogen (secondary N) is 3. The van der Waals surface area contributed by atoms with Gasteiger partial charge in [-0.15, -0.1) is 12.4 Å². The summed E-state index contributed by atoms with van der Waals surface area (Å²) >= 11 is 0. The maximum absolute atomic E-state index is 13.5. The zero-order chi connectivity index (χ0) is 15.5. The molecule has 10 heteroatoms. The molecule has 0 radical (unpaired) electrons. The maximum atomic E-state index is 13.5. The van der Waals surface area contributed by atoms with Crippen LogP contribution in [0.15, 0.2) is 18.2 Å². The number of sulfonamides is 1. The van der Waals surface area contributed by atoms with Crippen molar-refractivity contribution in [3.05, 3.63) is 24.0 Å². The van der Waals surface area contributed by atoms with Crippen LogP contribution in [0.25, 0.3) is 0 Å². The Labute approximate surface area is 134 Å². The summed E-state index contributed by atoms with van der Waals surface area (Å²) in [6, 6.07) is 3.63. The molecule has 1 aromatic carbocycles. The van der Waals surface area contributed by atoms with Gasteiger partial charge in [-0.1, -0.05) is 0 Å². The van der Waals surface area contributed by atoms with Crippen LogP contribution >= 0.6 is 12.4 Å². The highest BCUT2D eigenvalue weighted by atomic mass is 35.5. The van der Waals surface area contributed by atoms with Crippen molar-refractivity contribution < 1.29 is 22.3 Å². The van der Waals surface area contributed by atoms with E-state index in [0.29, 0.717) is 19.7 Å². The van der Waals surface area contributed by atoms with E-state index in [1.807, 2.05) is 4.72 Å². The number of rotatable bonds is 4. The molecule has 1 saturated heterocycles. The molecule has 7 nitrogen and oxygen atoms in total. The van der Waals surface area contributed by atoms with E-state index in [2.05, 4.69) is 10.6 Å². The highest BCUT2D eigenvalue weighted by molar-refractivity contribution is 7.92. The lowest BCUT2D eigenvalue weighted by Crippen LogP contribution is -2.45. The predicted octanol–water partition coefficient (Wildman–Crippen LogP) is 0.546. The minimum absolute atomic E-state index is 0. The summed E-state index contributed by atoms with van der Waals surface area (Å²) in [5, 5.41) is 5.58. The number of amides is 1. The normalized spacial score (nSPS) is 18.2. The lowest BCUT2D eigenvalue weighted by molar-refractivity contribution is -0.128. The number of benzene rings is 1. The van der Waals surface area contributed by atoms with Crippen molar-refractivity contribution in [3.63, 3.8) is 0 Å². The SMILES string of the molecule is CS(=O)(=O)Nc1cc(NC(=O)C2CNCCO2)ccc1F.Cl. The Kier molecular flexibility index (Phi) is 6.54. The van der Waals surface area contributed by atoms with Crippen LogP contribution in [0.3, 0.4) is 0 Å². The second-order valence-corrected chi connectivity index (χ2v) is 6.37. The molecule has 1 aliphatic rings. The van der Waals surface area contributed by atoms with Crippen LogP contribution in [-0.2, 0) is 19.6 Å². The number of ether oxygens (including phenoxy) is 1. The van der Waals surface area contributed by atoms with Crippen LogP contribution in [-0.4, -0.2) is 46.4 Å². The topological polar surface area (TPSA) is 96.5 Å². The largest absolute Gasteiger partial charge is 0.366 e. The number of halogens is 2. The highest BCUT2D eigenvalue weighted by Gasteiger charge is 2.22.